The predicted octanol–water partition coefficient (Wildman–Crippen LogP) is 4.71. The molecule has 0 bridgehead atoms. The van der Waals surface area contributed by atoms with Gasteiger partial charge in [0, 0.05) is 43.1 Å². The molecule has 37 heavy (non-hydrogen) atoms. The number of nitrogens with one attached hydrogen (secondary N) is 2. The molecule has 0 spiro atoms. The average molecular weight is 531 g/mol. The molecule has 198 valence electrons. The van der Waals surface area contributed by atoms with Gasteiger partial charge < -0.3 is 31.2 Å². The van der Waals surface area contributed by atoms with Gasteiger partial charge in [0.05, 0.1) is 24.3 Å². The van der Waals surface area contributed by atoms with Crippen LogP contribution in [0.2, 0.25) is 5.02 Å². The van der Waals surface area contributed by atoms with Crippen molar-refractivity contribution in [1.29, 1.82) is 5.41 Å². The van der Waals surface area contributed by atoms with Crippen molar-refractivity contribution in [3.8, 4) is 16.9 Å². The number of carbonyl (C=O) groups is 1. The number of anilines is 2. The third-order valence-electron chi connectivity index (χ3n) is 5.67. The molecule has 9 nitrogen and oxygen atoms in total. The Balaban J connectivity index is 0.00000235. The van der Waals surface area contributed by atoms with Gasteiger partial charge in [0.15, 0.2) is 0 Å². The minimum Gasteiger partial charge on any atom is -0.496 e. The monoisotopic (exact) mass is 530 g/mol. The highest BCUT2D eigenvalue weighted by molar-refractivity contribution is 6.32. The van der Waals surface area contributed by atoms with Gasteiger partial charge in [0.25, 0.3) is 5.91 Å². The summed E-state index contributed by atoms with van der Waals surface area (Å²) in [6.45, 7) is 5.31. The van der Waals surface area contributed by atoms with Crippen LogP contribution in [0.15, 0.2) is 30.6 Å². The maximum atomic E-state index is 14.9. The maximum absolute atomic E-state index is 14.9. The van der Waals surface area contributed by atoms with Gasteiger partial charge >= 0.3 is 0 Å². The zero-order chi connectivity index (χ0) is 28.0. The van der Waals surface area contributed by atoms with Gasteiger partial charge in [-0.3, -0.25) is 4.79 Å². The van der Waals surface area contributed by atoms with Crippen LogP contribution in [0, 0.1) is 18.2 Å². The number of aliphatic hydroxyl groups excluding tert-OH is 1. The highest BCUT2D eigenvalue weighted by Gasteiger charge is 2.24. The number of aromatic nitrogens is 2. The van der Waals surface area contributed by atoms with Crippen LogP contribution < -0.4 is 15.8 Å². The van der Waals surface area contributed by atoms with E-state index < -0.39 is 11.7 Å². The van der Waals surface area contributed by atoms with Crippen LogP contribution in [0.3, 0.4) is 0 Å². The first-order chi connectivity index (χ1) is 17.5. The Morgan fingerprint density at radius 2 is 1.92 bits per heavy atom. The number of hydrogen-bond acceptors (Lipinski definition) is 8. The van der Waals surface area contributed by atoms with Gasteiger partial charge in [-0.25, -0.2) is 14.4 Å². The number of ether oxygens (including phenoxy) is 1. The number of rotatable bonds is 7. The van der Waals surface area contributed by atoms with E-state index >= 15 is 0 Å². The van der Waals surface area contributed by atoms with Crippen molar-refractivity contribution in [3.05, 3.63) is 63.7 Å². The normalized spacial score (nSPS) is 11.2. The zero-order valence-corrected chi connectivity index (χ0v) is 22.7. The van der Waals surface area contributed by atoms with Gasteiger partial charge in [0.2, 0.25) is 0 Å². The van der Waals surface area contributed by atoms with E-state index in [2.05, 4.69) is 15.3 Å². The predicted molar refractivity (Wildman–Crippen MR) is 145 cm³/mol. The molecule has 0 radical (unpaired) electrons. The molecular weight excluding hydrogens is 499 g/mol. The first-order valence-electron chi connectivity index (χ1n) is 11.2. The summed E-state index contributed by atoms with van der Waals surface area (Å²) in [5.74, 6) is 0.0184. The fraction of sp³-hybridized carbons (Fsp3) is 0.308. The number of aliphatic hydroxyl groups is 1. The summed E-state index contributed by atoms with van der Waals surface area (Å²) in [6.07, 6.45) is 1.32. The molecule has 3 aromatic rings. The lowest BCUT2D eigenvalue weighted by Crippen LogP contribution is -2.22. The molecule has 1 unspecified atom stereocenters. The molecule has 1 amide bonds. The Hall–Kier alpha value is -3.76. The maximum Gasteiger partial charge on any atom is 0.256 e. The van der Waals surface area contributed by atoms with E-state index in [9.17, 15) is 9.18 Å². The van der Waals surface area contributed by atoms with Crippen molar-refractivity contribution in [2.75, 3.05) is 39.4 Å². The average Bonchev–Trinajstić information content (AvgIpc) is 2.85. The second-order valence-electron chi connectivity index (χ2n) is 8.35. The Morgan fingerprint density at radius 3 is 2.46 bits per heavy atom. The van der Waals surface area contributed by atoms with Gasteiger partial charge in [-0.05, 0) is 50.1 Å². The van der Waals surface area contributed by atoms with E-state index in [1.807, 2.05) is 13.8 Å². The van der Waals surface area contributed by atoms with Gasteiger partial charge in [-0.1, -0.05) is 17.7 Å². The topological polar surface area (TPSA) is 137 Å². The van der Waals surface area contributed by atoms with Crippen molar-refractivity contribution in [2.24, 2.45) is 0 Å². The molecule has 0 aliphatic rings. The fourth-order valence-corrected chi connectivity index (χ4v) is 4.09. The third-order valence-corrected chi connectivity index (χ3v) is 6.07. The number of carbonyl (C=O) groups excluding carboxylic acids is 1. The Bertz CT molecular complexity index is 1320. The van der Waals surface area contributed by atoms with E-state index in [1.165, 1.54) is 30.5 Å². The molecule has 1 atom stereocenters. The van der Waals surface area contributed by atoms with Crippen LogP contribution in [-0.4, -0.2) is 59.9 Å². The molecule has 0 fully saturated rings. The lowest BCUT2D eigenvalue weighted by molar-refractivity contribution is 0.0823. The molecule has 3 rings (SSSR count). The van der Waals surface area contributed by atoms with E-state index in [0.717, 1.165) is 7.11 Å². The summed E-state index contributed by atoms with van der Waals surface area (Å²) >= 11 is 6.60. The van der Waals surface area contributed by atoms with Crippen molar-refractivity contribution < 1.29 is 19.0 Å². The molecule has 11 heteroatoms. The molecule has 5 N–H and O–H groups in total. The number of nitrogens with zero attached hydrogens (tertiary/aromatic N) is 3. The van der Waals surface area contributed by atoms with Gasteiger partial charge in [-0.2, -0.15) is 0 Å². The molecule has 2 aromatic carbocycles. The molecule has 0 saturated carbocycles. The third kappa shape index (κ3) is 6.15. The fourth-order valence-electron chi connectivity index (χ4n) is 3.88. The number of halogens is 2. The van der Waals surface area contributed by atoms with Crippen molar-refractivity contribution in [1.82, 2.24) is 14.9 Å². The number of amides is 1. The molecule has 0 aliphatic heterocycles. The number of nitrogens with two attached hydrogens (primary N) is 1. The van der Waals surface area contributed by atoms with Crippen LogP contribution >= 0.6 is 11.6 Å². The first-order valence-corrected chi connectivity index (χ1v) is 11.6. The van der Waals surface area contributed by atoms with Crippen LogP contribution in [0.4, 0.5) is 16.0 Å². The Morgan fingerprint density at radius 1 is 1.27 bits per heavy atom. The quantitative estimate of drug-likeness (QED) is 0.325. The molecular formula is C26H32ClFN6O3. The molecule has 0 aliphatic carbocycles. The smallest absolute Gasteiger partial charge is 0.256 e. The summed E-state index contributed by atoms with van der Waals surface area (Å²) in [5, 5.41) is 18.8. The second-order valence-corrected chi connectivity index (χ2v) is 8.76. The molecule has 1 heterocycles. The SMILES string of the molecule is CO.COc1c(C(C)Nc2ncnc(N)c2C(C)=N)cc(Cl)c(C)c1-c1ccc(C(=O)N(C)C)c(F)c1. The Kier molecular flexibility index (Phi) is 9.93. The molecule has 0 saturated heterocycles. The van der Waals surface area contributed by atoms with Crippen LogP contribution in [0.1, 0.15) is 46.9 Å². The number of hydrogen-bond donors (Lipinski definition) is 4. The van der Waals surface area contributed by atoms with Gasteiger partial charge in [-0.15, -0.1) is 0 Å². The Labute approximate surface area is 221 Å². The second kappa shape index (κ2) is 12.5. The van der Waals surface area contributed by atoms with Crippen molar-refractivity contribution >= 4 is 34.9 Å². The van der Waals surface area contributed by atoms with E-state index in [1.54, 1.807) is 33.2 Å². The summed E-state index contributed by atoms with van der Waals surface area (Å²) in [7, 11) is 5.66. The van der Waals surface area contributed by atoms with E-state index in [-0.39, 0.29) is 23.1 Å². The summed E-state index contributed by atoms with van der Waals surface area (Å²) in [6, 6.07) is 5.83. The minimum absolute atomic E-state index is 0.0245. The van der Waals surface area contributed by atoms with Crippen molar-refractivity contribution in [3.63, 3.8) is 0 Å². The highest BCUT2D eigenvalue weighted by Crippen LogP contribution is 2.43. The number of nitrogen functional groups attached to an aromatic ring is 1. The lowest BCUT2D eigenvalue weighted by Gasteiger charge is -2.24. The van der Waals surface area contributed by atoms with Gasteiger partial charge in [0.1, 0.15) is 29.5 Å². The highest BCUT2D eigenvalue weighted by atomic mass is 35.5. The minimum atomic E-state index is -0.641. The number of benzene rings is 2. The van der Waals surface area contributed by atoms with Crippen molar-refractivity contribution in [2.45, 2.75) is 26.8 Å². The van der Waals surface area contributed by atoms with Crippen LogP contribution in [0.25, 0.3) is 11.1 Å². The van der Waals surface area contributed by atoms with E-state index in [4.69, 9.17) is 32.6 Å². The van der Waals surface area contributed by atoms with Crippen LogP contribution in [0.5, 0.6) is 5.75 Å². The largest absolute Gasteiger partial charge is 0.496 e. The standard InChI is InChI=1S/C25H28ClFN6O2.CH4O/c1-12-18(26)10-17(14(3)32-24-21(13(2)28)23(29)30-11-31-24)22(35-6)20(12)15-7-8-16(19(27)9-15)25(34)33(4)5;1-2/h7-11,14,28H,1-6H3,(H3,29,30,31,32);2H,1H3. The first kappa shape index (κ1) is 29.5. The van der Waals surface area contributed by atoms with E-state index in [0.29, 0.717) is 44.4 Å². The zero-order valence-electron chi connectivity index (χ0n) is 21.9. The molecule has 1 aromatic heterocycles. The summed E-state index contributed by atoms with van der Waals surface area (Å²) < 4.78 is 20.7. The lowest BCUT2D eigenvalue weighted by atomic mass is 9.93. The number of methoxy groups -OCH3 is 1. The summed E-state index contributed by atoms with van der Waals surface area (Å²) in [5.41, 5.74) is 9.08. The van der Waals surface area contributed by atoms with Crippen LogP contribution in [-0.2, 0) is 0 Å². The summed E-state index contributed by atoms with van der Waals surface area (Å²) in [4.78, 5) is 21.8.